The monoisotopic (exact) mass is 462 g/mol. The van der Waals surface area contributed by atoms with Crippen LogP contribution in [0.3, 0.4) is 0 Å². The van der Waals surface area contributed by atoms with Crippen LogP contribution in [0.1, 0.15) is 24.2 Å². The molecular formula is C16H19ClN4O4S3. The van der Waals surface area contributed by atoms with Crippen molar-refractivity contribution in [2.75, 3.05) is 31.6 Å². The van der Waals surface area contributed by atoms with Gasteiger partial charge in [-0.1, -0.05) is 48.5 Å². The molecule has 8 nitrogen and oxygen atoms in total. The molecule has 0 aliphatic carbocycles. The Kier molecular flexibility index (Phi) is 6.94. The van der Waals surface area contributed by atoms with Crippen LogP contribution in [0.15, 0.2) is 27.4 Å². The minimum atomic E-state index is -3.73. The van der Waals surface area contributed by atoms with Crippen molar-refractivity contribution in [3.63, 3.8) is 0 Å². The summed E-state index contributed by atoms with van der Waals surface area (Å²) in [5.74, 6) is -0.540. The Balaban J connectivity index is 1.80. The molecule has 2 heterocycles. The summed E-state index contributed by atoms with van der Waals surface area (Å²) in [6.07, 6.45) is 0. The quantitative estimate of drug-likeness (QED) is 0.520. The number of carbonyl (C=O) groups excluding carboxylic acids is 1. The molecule has 12 heteroatoms. The molecule has 1 aromatic heterocycles. The Morgan fingerprint density at radius 1 is 1.32 bits per heavy atom. The molecule has 152 valence electrons. The molecule has 1 N–H and O–H groups in total. The summed E-state index contributed by atoms with van der Waals surface area (Å²) in [5, 5.41) is 11.4. The van der Waals surface area contributed by atoms with Gasteiger partial charge in [-0.2, -0.15) is 4.31 Å². The number of amides is 1. The summed E-state index contributed by atoms with van der Waals surface area (Å²) in [6.45, 7) is 5.29. The van der Waals surface area contributed by atoms with Gasteiger partial charge in [0.2, 0.25) is 15.2 Å². The maximum Gasteiger partial charge on any atom is 0.259 e. The van der Waals surface area contributed by atoms with Gasteiger partial charge in [-0.05, 0) is 18.2 Å². The van der Waals surface area contributed by atoms with E-state index in [1.807, 2.05) is 13.8 Å². The molecule has 28 heavy (non-hydrogen) atoms. The molecule has 3 rings (SSSR count). The Morgan fingerprint density at radius 2 is 2.04 bits per heavy atom. The van der Waals surface area contributed by atoms with Gasteiger partial charge in [-0.3, -0.25) is 10.1 Å². The number of anilines is 1. The number of hydrogen-bond donors (Lipinski definition) is 1. The highest BCUT2D eigenvalue weighted by Crippen LogP contribution is 2.29. The number of thioether (sulfide) groups is 1. The summed E-state index contributed by atoms with van der Waals surface area (Å²) in [5.41, 5.74) is 0.0595. The van der Waals surface area contributed by atoms with Crippen LogP contribution in [0.25, 0.3) is 0 Å². The maximum atomic E-state index is 12.8. The van der Waals surface area contributed by atoms with E-state index >= 15 is 0 Å². The van der Waals surface area contributed by atoms with Crippen molar-refractivity contribution in [1.29, 1.82) is 0 Å². The molecule has 2 aromatic rings. The van der Waals surface area contributed by atoms with Crippen LogP contribution in [-0.2, 0) is 14.8 Å². The first-order valence-electron chi connectivity index (χ1n) is 8.46. The van der Waals surface area contributed by atoms with Crippen LogP contribution in [0.2, 0.25) is 5.02 Å². The first kappa shape index (κ1) is 21.5. The highest BCUT2D eigenvalue weighted by Gasteiger charge is 2.27. The molecule has 0 unspecified atom stereocenters. The van der Waals surface area contributed by atoms with Crippen molar-refractivity contribution in [1.82, 2.24) is 14.5 Å². The normalized spacial score (nSPS) is 15.7. The van der Waals surface area contributed by atoms with E-state index in [0.717, 1.165) is 4.34 Å². The first-order chi connectivity index (χ1) is 13.3. The molecule has 1 saturated heterocycles. The Labute approximate surface area is 176 Å². The van der Waals surface area contributed by atoms with Gasteiger partial charge in [0, 0.05) is 18.3 Å². The number of nitrogens with zero attached hydrogens (tertiary/aromatic N) is 3. The molecular weight excluding hydrogens is 444 g/mol. The molecule has 1 aliphatic rings. The van der Waals surface area contributed by atoms with E-state index in [9.17, 15) is 13.2 Å². The molecule has 0 radical (unpaired) electrons. The van der Waals surface area contributed by atoms with Crippen molar-refractivity contribution in [3.05, 3.63) is 28.8 Å². The zero-order valence-electron chi connectivity index (χ0n) is 15.2. The van der Waals surface area contributed by atoms with E-state index in [1.165, 1.54) is 45.6 Å². The number of halogens is 1. The van der Waals surface area contributed by atoms with Crippen molar-refractivity contribution in [2.45, 2.75) is 28.3 Å². The van der Waals surface area contributed by atoms with Crippen molar-refractivity contribution in [3.8, 4) is 0 Å². The van der Waals surface area contributed by atoms with E-state index in [4.69, 9.17) is 16.3 Å². The second kappa shape index (κ2) is 9.06. The fourth-order valence-corrected chi connectivity index (χ4v) is 6.06. The lowest BCUT2D eigenvalue weighted by molar-refractivity contribution is 0.0730. The van der Waals surface area contributed by atoms with E-state index in [0.29, 0.717) is 23.6 Å². The second-order valence-corrected chi connectivity index (χ2v) is 11.3. The van der Waals surface area contributed by atoms with Gasteiger partial charge < -0.3 is 4.74 Å². The number of carbonyl (C=O) groups is 1. The molecule has 1 aliphatic heterocycles. The predicted molar refractivity (Wildman–Crippen MR) is 110 cm³/mol. The van der Waals surface area contributed by atoms with E-state index in [1.54, 1.807) is 0 Å². The number of morpholine rings is 1. The van der Waals surface area contributed by atoms with Gasteiger partial charge in [0.25, 0.3) is 5.91 Å². The number of hydrogen-bond acceptors (Lipinski definition) is 8. The Hall–Kier alpha value is -1.24. The molecule has 0 saturated carbocycles. The molecule has 1 aromatic carbocycles. The number of benzene rings is 1. The van der Waals surface area contributed by atoms with Crippen LogP contribution in [0.4, 0.5) is 5.13 Å². The summed E-state index contributed by atoms with van der Waals surface area (Å²) < 4.78 is 32.9. The Morgan fingerprint density at radius 3 is 2.71 bits per heavy atom. The number of nitrogens with one attached hydrogen (secondary N) is 1. The van der Waals surface area contributed by atoms with Crippen molar-refractivity contribution in [2.24, 2.45) is 0 Å². The SMILES string of the molecule is CC(C)Sc1nnc(NC(=O)c2cc(S(=O)(=O)N3CCOCC3)ccc2Cl)s1. The van der Waals surface area contributed by atoms with Crippen molar-refractivity contribution >= 4 is 55.8 Å². The third-order valence-electron chi connectivity index (χ3n) is 3.75. The largest absolute Gasteiger partial charge is 0.379 e. The zero-order chi connectivity index (χ0) is 20.3. The number of ether oxygens (including phenoxy) is 1. The fourth-order valence-electron chi connectivity index (χ4n) is 2.45. The minimum absolute atomic E-state index is 0.0114. The molecule has 0 spiro atoms. The fraction of sp³-hybridized carbons (Fsp3) is 0.438. The Bertz CT molecular complexity index is 959. The van der Waals surface area contributed by atoms with E-state index in [2.05, 4.69) is 15.5 Å². The summed E-state index contributed by atoms with van der Waals surface area (Å²) >= 11 is 8.93. The third kappa shape index (κ3) is 5.02. The van der Waals surface area contributed by atoms with Crippen molar-refractivity contribution < 1.29 is 17.9 Å². The lowest BCUT2D eigenvalue weighted by atomic mass is 10.2. The number of rotatable bonds is 6. The molecule has 1 amide bonds. The summed E-state index contributed by atoms with van der Waals surface area (Å²) in [4.78, 5) is 12.6. The smallest absolute Gasteiger partial charge is 0.259 e. The van der Waals surface area contributed by atoms with Crippen LogP contribution in [-0.4, -0.2) is 60.4 Å². The average Bonchev–Trinajstić information content (AvgIpc) is 3.08. The van der Waals surface area contributed by atoms with Gasteiger partial charge >= 0.3 is 0 Å². The molecule has 1 fully saturated rings. The molecule has 0 bridgehead atoms. The highest BCUT2D eigenvalue weighted by atomic mass is 35.5. The lowest BCUT2D eigenvalue weighted by Crippen LogP contribution is -2.40. The van der Waals surface area contributed by atoms with Gasteiger partial charge in [-0.25, -0.2) is 8.42 Å². The standard InChI is InChI=1S/C16H19ClN4O4S3/c1-10(2)26-16-20-19-15(27-16)18-14(22)12-9-11(3-4-13(12)17)28(23,24)21-5-7-25-8-6-21/h3-4,9-10H,5-8H2,1-2H3,(H,18,19,22). The van der Waals surface area contributed by atoms with Gasteiger partial charge in [0.15, 0.2) is 4.34 Å². The number of aromatic nitrogens is 2. The van der Waals surface area contributed by atoms with Gasteiger partial charge in [0.1, 0.15) is 0 Å². The minimum Gasteiger partial charge on any atom is -0.379 e. The summed E-state index contributed by atoms with van der Waals surface area (Å²) in [7, 11) is -3.73. The van der Waals surface area contributed by atoms with Crippen LogP contribution in [0, 0.1) is 0 Å². The van der Waals surface area contributed by atoms with Gasteiger partial charge in [-0.15, -0.1) is 10.2 Å². The molecule has 0 atom stereocenters. The second-order valence-electron chi connectivity index (χ2n) is 6.15. The van der Waals surface area contributed by atoms with E-state index in [-0.39, 0.29) is 28.6 Å². The zero-order valence-corrected chi connectivity index (χ0v) is 18.4. The van der Waals surface area contributed by atoms with Gasteiger partial charge in [0.05, 0.1) is 28.7 Å². The lowest BCUT2D eigenvalue weighted by Gasteiger charge is -2.26. The highest BCUT2D eigenvalue weighted by molar-refractivity contribution is 8.01. The third-order valence-corrected chi connectivity index (χ3v) is 7.90. The van der Waals surface area contributed by atoms with Crippen LogP contribution < -0.4 is 5.32 Å². The summed E-state index contributed by atoms with van der Waals surface area (Å²) in [6, 6.07) is 4.09. The maximum absolute atomic E-state index is 12.8. The van der Waals surface area contributed by atoms with E-state index < -0.39 is 15.9 Å². The predicted octanol–water partition coefficient (Wildman–Crippen LogP) is 2.97. The van der Waals surface area contributed by atoms with Crippen LogP contribution in [0.5, 0.6) is 0 Å². The topological polar surface area (TPSA) is 101 Å². The van der Waals surface area contributed by atoms with Crippen LogP contribution >= 0.6 is 34.7 Å². The first-order valence-corrected chi connectivity index (χ1v) is 12.0. The average molecular weight is 463 g/mol. The number of sulfonamides is 1.